The van der Waals surface area contributed by atoms with E-state index in [4.69, 9.17) is 4.42 Å². The number of sulfonamides is 1. The fourth-order valence-corrected chi connectivity index (χ4v) is 4.70. The number of aromatic nitrogens is 1. The molecule has 2 aromatic heterocycles. The molecule has 0 aliphatic carbocycles. The Balaban J connectivity index is 2.00. The molecule has 0 aliphatic rings. The summed E-state index contributed by atoms with van der Waals surface area (Å²) in [7, 11) is -3.72. The van der Waals surface area contributed by atoms with Crippen LogP contribution in [-0.4, -0.2) is 36.7 Å². The molecule has 1 amide bonds. The molecule has 0 radical (unpaired) electrons. The zero-order chi connectivity index (χ0) is 21.7. The average Bonchev–Trinajstić information content (AvgIpc) is 3.25. The summed E-state index contributed by atoms with van der Waals surface area (Å²) in [6.07, 6.45) is 3.14. The van der Waals surface area contributed by atoms with Crippen LogP contribution < -0.4 is 10.9 Å². The molecule has 1 aromatic carbocycles. The summed E-state index contributed by atoms with van der Waals surface area (Å²) < 4.78 is 32.8. The van der Waals surface area contributed by atoms with E-state index in [1.807, 2.05) is 6.92 Å². The number of unbranched alkanes of at least 4 members (excludes halogenated alkanes) is 1. The van der Waals surface area contributed by atoms with E-state index in [1.54, 1.807) is 19.1 Å². The first kappa shape index (κ1) is 21.8. The maximum Gasteiger partial charge on any atom is 0.252 e. The monoisotopic (exact) mass is 431 g/mol. The lowest BCUT2D eigenvalue weighted by atomic mass is 10.1. The van der Waals surface area contributed by atoms with Crippen LogP contribution in [0.4, 0.5) is 0 Å². The van der Waals surface area contributed by atoms with Gasteiger partial charge in [-0.1, -0.05) is 20.3 Å². The zero-order valence-electron chi connectivity index (χ0n) is 17.0. The molecule has 9 heteroatoms. The van der Waals surface area contributed by atoms with Crippen molar-refractivity contribution in [3.63, 3.8) is 0 Å². The number of fused-ring (bicyclic) bond motifs is 1. The third-order valence-corrected chi connectivity index (χ3v) is 6.78. The summed E-state index contributed by atoms with van der Waals surface area (Å²) in [5.41, 5.74) is 0.0505. The van der Waals surface area contributed by atoms with Crippen LogP contribution >= 0.6 is 0 Å². The van der Waals surface area contributed by atoms with E-state index in [0.717, 1.165) is 12.8 Å². The molecular weight excluding hydrogens is 406 g/mol. The number of aromatic amines is 1. The molecule has 30 heavy (non-hydrogen) atoms. The molecule has 2 N–H and O–H groups in total. The van der Waals surface area contributed by atoms with Crippen molar-refractivity contribution in [3.05, 3.63) is 64.3 Å². The standard InChI is InChI=1S/C21H25N3O5S/c1-3-5-10-24(4-2)30(27,28)16-8-9-19-17(12-16)18(13-20(25)23-19)21(26)22-14-15-7-6-11-29-15/h6-9,11-13H,3-5,10,14H2,1-2H3,(H,22,26)(H,23,25). The van der Waals surface area contributed by atoms with Gasteiger partial charge in [0.2, 0.25) is 15.6 Å². The highest BCUT2D eigenvalue weighted by Gasteiger charge is 2.24. The van der Waals surface area contributed by atoms with Crippen molar-refractivity contribution >= 4 is 26.8 Å². The molecule has 0 spiro atoms. The first-order valence-electron chi connectivity index (χ1n) is 9.84. The first-order chi connectivity index (χ1) is 14.4. The van der Waals surface area contributed by atoms with Crippen molar-refractivity contribution in [1.29, 1.82) is 0 Å². The summed E-state index contributed by atoms with van der Waals surface area (Å²) >= 11 is 0. The summed E-state index contributed by atoms with van der Waals surface area (Å²) in [6.45, 7) is 4.72. The van der Waals surface area contributed by atoms with E-state index in [9.17, 15) is 18.0 Å². The Hall–Kier alpha value is -2.91. The minimum atomic E-state index is -3.72. The lowest BCUT2D eigenvalue weighted by Crippen LogP contribution is -2.32. The number of nitrogens with zero attached hydrogens (tertiary/aromatic N) is 1. The molecule has 3 rings (SSSR count). The van der Waals surface area contributed by atoms with Gasteiger partial charge in [-0.25, -0.2) is 8.42 Å². The third-order valence-electron chi connectivity index (χ3n) is 4.81. The predicted octanol–water partition coefficient (Wildman–Crippen LogP) is 2.86. The summed E-state index contributed by atoms with van der Waals surface area (Å²) in [4.78, 5) is 27.5. The number of rotatable bonds is 9. The van der Waals surface area contributed by atoms with Crippen LogP contribution in [0.15, 0.2) is 56.8 Å². The lowest BCUT2D eigenvalue weighted by molar-refractivity contribution is 0.0949. The lowest BCUT2D eigenvalue weighted by Gasteiger charge is -2.20. The van der Waals surface area contributed by atoms with E-state index < -0.39 is 21.5 Å². The normalized spacial score (nSPS) is 11.8. The Morgan fingerprint density at radius 2 is 2.00 bits per heavy atom. The molecule has 3 aromatic rings. The van der Waals surface area contributed by atoms with Gasteiger partial charge in [0, 0.05) is 30.1 Å². The van der Waals surface area contributed by atoms with Crippen LogP contribution in [-0.2, 0) is 16.6 Å². The molecule has 0 saturated carbocycles. The van der Waals surface area contributed by atoms with Gasteiger partial charge in [-0.05, 0) is 36.8 Å². The molecule has 0 aliphatic heterocycles. The van der Waals surface area contributed by atoms with E-state index in [-0.39, 0.29) is 17.0 Å². The highest BCUT2D eigenvalue weighted by Crippen LogP contribution is 2.23. The molecule has 160 valence electrons. The van der Waals surface area contributed by atoms with Gasteiger partial charge in [0.05, 0.1) is 23.3 Å². The van der Waals surface area contributed by atoms with Gasteiger partial charge in [-0.2, -0.15) is 4.31 Å². The van der Waals surface area contributed by atoms with Crippen molar-refractivity contribution < 1.29 is 17.6 Å². The minimum Gasteiger partial charge on any atom is -0.467 e. The van der Waals surface area contributed by atoms with Crippen molar-refractivity contribution in [2.24, 2.45) is 0 Å². The van der Waals surface area contributed by atoms with E-state index >= 15 is 0 Å². The molecule has 0 saturated heterocycles. The number of hydrogen-bond acceptors (Lipinski definition) is 5. The number of hydrogen-bond donors (Lipinski definition) is 2. The average molecular weight is 432 g/mol. The van der Waals surface area contributed by atoms with Crippen LogP contribution in [0.1, 0.15) is 42.8 Å². The molecule has 0 unspecified atom stereocenters. The molecule has 0 fully saturated rings. The highest BCUT2D eigenvalue weighted by molar-refractivity contribution is 7.89. The maximum absolute atomic E-state index is 13.1. The number of furan rings is 1. The topological polar surface area (TPSA) is 112 Å². The summed E-state index contributed by atoms with van der Waals surface area (Å²) in [6, 6.07) is 9.00. The Kier molecular flexibility index (Phi) is 6.73. The van der Waals surface area contributed by atoms with Crippen molar-refractivity contribution in [2.45, 2.75) is 38.1 Å². The smallest absolute Gasteiger partial charge is 0.252 e. The van der Waals surface area contributed by atoms with Crippen molar-refractivity contribution in [1.82, 2.24) is 14.6 Å². The van der Waals surface area contributed by atoms with Crippen LogP contribution in [0.3, 0.4) is 0 Å². The van der Waals surface area contributed by atoms with Crippen LogP contribution in [0.2, 0.25) is 0 Å². The Morgan fingerprint density at radius 1 is 1.20 bits per heavy atom. The minimum absolute atomic E-state index is 0.0834. The Morgan fingerprint density at radius 3 is 2.67 bits per heavy atom. The number of H-pyrrole nitrogens is 1. The number of nitrogens with one attached hydrogen (secondary N) is 2. The fraction of sp³-hybridized carbons (Fsp3) is 0.333. The largest absolute Gasteiger partial charge is 0.467 e. The van der Waals surface area contributed by atoms with Crippen molar-refractivity contribution in [3.8, 4) is 0 Å². The Labute approximate surface area is 174 Å². The van der Waals surface area contributed by atoms with Gasteiger partial charge in [0.15, 0.2) is 0 Å². The quantitative estimate of drug-likeness (QED) is 0.541. The summed E-state index contributed by atoms with van der Waals surface area (Å²) in [5, 5.41) is 3.06. The van der Waals surface area contributed by atoms with Crippen LogP contribution in [0.25, 0.3) is 10.9 Å². The number of carbonyl (C=O) groups excluding carboxylic acids is 1. The maximum atomic E-state index is 13.1. The van der Waals surface area contributed by atoms with E-state index in [1.165, 1.54) is 34.8 Å². The van der Waals surface area contributed by atoms with E-state index in [0.29, 0.717) is 29.8 Å². The molecular formula is C21H25N3O5S. The zero-order valence-corrected chi connectivity index (χ0v) is 17.8. The number of amides is 1. The van der Waals surface area contributed by atoms with Gasteiger partial charge in [0.1, 0.15) is 5.76 Å². The van der Waals surface area contributed by atoms with Gasteiger partial charge in [-0.15, -0.1) is 0 Å². The van der Waals surface area contributed by atoms with Gasteiger partial charge >= 0.3 is 0 Å². The number of carbonyl (C=O) groups is 1. The number of benzene rings is 1. The molecule has 0 bridgehead atoms. The molecule has 0 atom stereocenters. The summed E-state index contributed by atoms with van der Waals surface area (Å²) in [5.74, 6) is 0.0747. The highest BCUT2D eigenvalue weighted by atomic mass is 32.2. The van der Waals surface area contributed by atoms with Gasteiger partial charge < -0.3 is 14.7 Å². The molecule has 2 heterocycles. The SMILES string of the molecule is CCCCN(CC)S(=O)(=O)c1ccc2[nH]c(=O)cc(C(=O)NCc3ccco3)c2c1. The van der Waals surface area contributed by atoms with Crippen LogP contribution in [0, 0.1) is 0 Å². The van der Waals surface area contributed by atoms with E-state index in [2.05, 4.69) is 10.3 Å². The van der Waals surface area contributed by atoms with Crippen LogP contribution in [0.5, 0.6) is 0 Å². The third kappa shape index (κ3) is 4.63. The fourth-order valence-electron chi connectivity index (χ4n) is 3.19. The second-order valence-electron chi connectivity index (χ2n) is 6.87. The second kappa shape index (κ2) is 9.27. The number of pyridine rings is 1. The van der Waals surface area contributed by atoms with Gasteiger partial charge in [0.25, 0.3) is 5.91 Å². The van der Waals surface area contributed by atoms with Crippen molar-refractivity contribution in [2.75, 3.05) is 13.1 Å². The first-order valence-corrected chi connectivity index (χ1v) is 11.3. The second-order valence-corrected chi connectivity index (χ2v) is 8.80. The Bertz CT molecular complexity index is 1180. The predicted molar refractivity (Wildman–Crippen MR) is 114 cm³/mol. The molecule has 8 nitrogen and oxygen atoms in total. The van der Waals surface area contributed by atoms with Gasteiger partial charge in [-0.3, -0.25) is 9.59 Å².